The van der Waals surface area contributed by atoms with E-state index in [4.69, 9.17) is 9.72 Å². The van der Waals surface area contributed by atoms with E-state index in [1.54, 1.807) is 12.0 Å². The lowest BCUT2D eigenvalue weighted by Gasteiger charge is -2.31. The molecule has 1 aliphatic heterocycles. The quantitative estimate of drug-likeness (QED) is 0.823. The minimum Gasteiger partial charge on any atom is -0.478 e. The number of fused-ring (bicyclic) bond motifs is 1. The average molecular weight is 259 g/mol. The molecule has 0 amide bonds. The first-order valence-electron chi connectivity index (χ1n) is 6.65. The fourth-order valence-electron chi connectivity index (χ4n) is 2.42. The van der Waals surface area contributed by atoms with Crippen LogP contribution in [0, 0.1) is 0 Å². The van der Waals surface area contributed by atoms with Gasteiger partial charge in [-0.3, -0.25) is 0 Å². The lowest BCUT2D eigenvalue weighted by atomic mass is 10.3. The summed E-state index contributed by atoms with van der Waals surface area (Å²) in [6.45, 7) is 4.24. The molecule has 2 aromatic rings. The molecule has 3 rings (SSSR count). The van der Waals surface area contributed by atoms with Crippen LogP contribution in [-0.4, -0.2) is 50.3 Å². The van der Waals surface area contributed by atoms with Crippen LogP contribution in [0.1, 0.15) is 0 Å². The maximum atomic E-state index is 5.41. The molecule has 5 nitrogen and oxygen atoms in total. The van der Waals surface area contributed by atoms with Crippen molar-refractivity contribution in [3.63, 3.8) is 0 Å². The Bertz CT molecular complexity index is 579. The van der Waals surface area contributed by atoms with Gasteiger partial charge in [-0.2, -0.15) is 0 Å². The van der Waals surface area contributed by atoms with Crippen molar-refractivity contribution in [3.05, 3.63) is 24.3 Å². The molecular weight excluding hydrogens is 240 g/mol. The molecular formula is C14H19N4O+. The third-order valence-corrected chi connectivity index (χ3v) is 3.63. The molecule has 1 aromatic carbocycles. The van der Waals surface area contributed by atoms with Gasteiger partial charge in [0.05, 0.1) is 51.4 Å². The van der Waals surface area contributed by atoms with Gasteiger partial charge in [-0.15, -0.1) is 0 Å². The molecule has 0 bridgehead atoms. The number of piperazine rings is 1. The Kier molecular flexibility index (Phi) is 3.21. The normalized spacial score (nSPS) is 16.8. The molecule has 1 aromatic heterocycles. The number of rotatable bonds is 2. The molecule has 0 spiro atoms. The summed E-state index contributed by atoms with van der Waals surface area (Å²) >= 11 is 0. The zero-order chi connectivity index (χ0) is 13.2. The van der Waals surface area contributed by atoms with E-state index >= 15 is 0 Å². The molecule has 0 aliphatic carbocycles. The van der Waals surface area contributed by atoms with Gasteiger partial charge in [0.1, 0.15) is 0 Å². The number of quaternary nitrogens is 1. The van der Waals surface area contributed by atoms with Gasteiger partial charge in [-0.25, -0.2) is 9.97 Å². The monoisotopic (exact) mass is 259 g/mol. The summed E-state index contributed by atoms with van der Waals surface area (Å²) in [7, 11) is 3.88. The molecule has 1 saturated heterocycles. The predicted molar refractivity (Wildman–Crippen MR) is 74.9 cm³/mol. The van der Waals surface area contributed by atoms with E-state index in [1.807, 2.05) is 24.3 Å². The number of aromatic nitrogens is 2. The lowest BCUT2D eigenvalue weighted by Crippen LogP contribution is -3.12. The number of anilines is 1. The Morgan fingerprint density at radius 3 is 2.37 bits per heavy atom. The zero-order valence-electron chi connectivity index (χ0n) is 11.4. The molecule has 0 atom stereocenters. The van der Waals surface area contributed by atoms with Crippen LogP contribution in [0.2, 0.25) is 0 Å². The molecule has 2 heterocycles. The Morgan fingerprint density at radius 2 is 1.74 bits per heavy atom. The Morgan fingerprint density at radius 1 is 1.11 bits per heavy atom. The van der Waals surface area contributed by atoms with Crippen molar-refractivity contribution in [2.24, 2.45) is 0 Å². The second-order valence-electron chi connectivity index (χ2n) is 4.99. The number of hydrogen-bond donors (Lipinski definition) is 1. The number of ether oxygens (including phenoxy) is 1. The maximum absolute atomic E-state index is 5.41. The Labute approximate surface area is 112 Å². The summed E-state index contributed by atoms with van der Waals surface area (Å²) in [6, 6.07) is 7.91. The zero-order valence-corrected chi connectivity index (χ0v) is 11.4. The lowest BCUT2D eigenvalue weighted by molar-refractivity contribution is -0.880. The van der Waals surface area contributed by atoms with Crippen molar-refractivity contribution in [3.8, 4) is 5.88 Å². The average Bonchev–Trinajstić information content (AvgIpc) is 2.46. The molecule has 1 aliphatic rings. The Hall–Kier alpha value is -1.88. The summed E-state index contributed by atoms with van der Waals surface area (Å²) < 4.78 is 5.41. The molecule has 0 unspecified atom stereocenters. The SMILES string of the molecule is COc1nc2ccccc2nc1N1CC[NH+](C)CC1. The van der Waals surface area contributed by atoms with Crippen molar-refractivity contribution in [1.29, 1.82) is 0 Å². The number of methoxy groups -OCH3 is 1. The number of hydrogen-bond acceptors (Lipinski definition) is 4. The number of nitrogens with zero attached hydrogens (tertiary/aromatic N) is 3. The van der Waals surface area contributed by atoms with Gasteiger partial charge in [0.25, 0.3) is 5.88 Å². The van der Waals surface area contributed by atoms with Crippen molar-refractivity contribution >= 4 is 16.9 Å². The van der Waals surface area contributed by atoms with Crippen LogP contribution < -0.4 is 14.5 Å². The van der Waals surface area contributed by atoms with Gasteiger partial charge in [-0.1, -0.05) is 12.1 Å². The summed E-state index contributed by atoms with van der Waals surface area (Å²) in [6.07, 6.45) is 0. The topological polar surface area (TPSA) is 42.7 Å². The summed E-state index contributed by atoms with van der Waals surface area (Å²) in [5.74, 6) is 1.49. The van der Waals surface area contributed by atoms with Gasteiger partial charge in [0, 0.05) is 0 Å². The van der Waals surface area contributed by atoms with E-state index in [-0.39, 0.29) is 0 Å². The molecule has 1 fully saturated rings. The number of benzene rings is 1. The fourth-order valence-corrected chi connectivity index (χ4v) is 2.42. The van der Waals surface area contributed by atoms with Crippen LogP contribution in [0.4, 0.5) is 5.82 Å². The molecule has 0 radical (unpaired) electrons. The second-order valence-corrected chi connectivity index (χ2v) is 4.99. The van der Waals surface area contributed by atoms with Crippen LogP contribution in [0.5, 0.6) is 5.88 Å². The van der Waals surface area contributed by atoms with Crippen LogP contribution in [-0.2, 0) is 0 Å². The second kappa shape index (κ2) is 5.01. The first kappa shape index (κ1) is 12.2. The Balaban J connectivity index is 2.01. The van der Waals surface area contributed by atoms with Gasteiger partial charge in [0.15, 0.2) is 5.82 Å². The van der Waals surface area contributed by atoms with Gasteiger partial charge in [0.2, 0.25) is 0 Å². The molecule has 100 valence electrons. The van der Waals surface area contributed by atoms with E-state index in [0.717, 1.165) is 43.0 Å². The highest BCUT2D eigenvalue weighted by Gasteiger charge is 2.22. The third kappa shape index (κ3) is 2.33. The predicted octanol–water partition coefficient (Wildman–Crippen LogP) is -0.0269. The van der Waals surface area contributed by atoms with Crippen molar-refractivity contribution < 1.29 is 9.64 Å². The molecule has 19 heavy (non-hydrogen) atoms. The molecule has 5 heteroatoms. The smallest absolute Gasteiger partial charge is 0.257 e. The van der Waals surface area contributed by atoms with Crippen LogP contribution >= 0.6 is 0 Å². The summed E-state index contributed by atoms with van der Waals surface area (Å²) in [5, 5.41) is 0. The van der Waals surface area contributed by atoms with Crippen molar-refractivity contribution in [2.75, 3.05) is 45.2 Å². The summed E-state index contributed by atoms with van der Waals surface area (Å²) in [4.78, 5) is 13.1. The van der Waals surface area contributed by atoms with Crippen molar-refractivity contribution in [1.82, 2.24) is 9.97 Å². The minimum absolute atomic E-state index is 0.623. The highest BCUT2D eigenvalue weighted by molar-refractivity contribution is 5.77. The number of para-hydroxylation sites is 2. The standard InChI is InChI=1S/C14H18N4O/c1-17-7-9-18(10-8-17)13-14(19-2)16-12-6-4-3-5-11(12)15-13/h3-6H,7-10H2,1-2H3/p+1. The third-order valence-electron chi connectivity index (χ3n) is 3.63. The molecule has 0 saturated carbocycles. The van der Waals surface area contributed by atoms with Crippen LogP contribution in [0.25, 0.3) is 11.0 Å². The number of nitrogens with one attached hydrogen (secondary N) is 1. The highest BCUT2D eigenvalue weighted by atomic mass is 16.5. The van der Waals surface area contributed by atoms with E-state index in [0.29, 0.717) is 5.88 Å². The van der Waals surface area contributed by atoms with E-state index in [9.17, 15) is 0 Å². The van der Waals surface area contributed by atoms with E-state index < -0.39 is 0 Å². The largest absolute Gasteiger partial charge is 0.478 e. The van der Waals surface area contributed by atoms with Crippen LogP contribution in [0.15, 0.2) is 24.3 Å². The number of likely N-dealkylation sites (N-methyl/N-ethyl adjacent to an activating group) is 1. The first-order chi connectivity index (χ1) is 9.28. The highest BCUT2D eigenvalue weighted by Crippen LogP contribution is 2.26. The van der Waals surface area contributed by atoms with Gasteiger partial charge in [-0.05, 0) is 12.1 Å². The fraction of sp³-hybridized carbons (Fsp3) is 0.429. The van der Waals surface area contributed by atoms with Gasteiger partial charge >= 0.3 is 0 Å². The van der Waals surface area contributed by atoms with E-state index in [2.05, 4.69) is 16.9 Å². The first-order valence-corrected chi connectivity index (χ1v) is 6.65. The van der Waals surface area contributed by atoms with Gasteiger partial charge < -0.3 is 14.5 Å². The van der Waals surface area contributed by atoms with Crippen molar-refractivity contribution in [2.45, 2.75) is 0 Å². The minimum atomic E-state index is 0.623. The summed E-state index contributed by atoms with van der Waals surface area (Å²) in [5.41, 5.74) is 1.80. The molecule has 1 N–H and O–H groups in total. The van der Waals surface area contributed by atoms with E-state index in [1.165, 1.54) is 0 Å². The maximum Gasteiger partial charge on any atom is 0.257 e. The van der Waals surface area contributed by atoms with Crippen LogP contribution in [0.3, 0.4) is 0 Å².